The van der Waals surface area contributed by atoms with Crippen LogP contribution in [-0.2, 0) is 0 Å². The van der Waals surface area contributed by atoms with Gasteiger partial charge in [-0.25, -0.2) is 4.98 Å². The van der Waals surface area contributed by atoms with Crippen molar-refractivity contribution in [1.82, 2.24) is 4.98 Å². The molecule has 1 nitrogen and oxygen atoms in total. The van der Waals surface area contributed by atoms with Gasteiger partial charge >= 0.3 is 0 Å². The third-order valence-electron chi connectivity index (χ3n) is 1.20. The van der Waals surface area contributed by atoms with Crippen LogP contribution in [0.3, 0.4) is 0 Å². The van der Waals surface area contributed by atoms with E-state index in [1.54, 1.807) is 6.20 Å². The number of hydrogen-bond donors (Lipinski definition) is 1. The summed E-state index contributed by atoms with van der Waals surface area (Å²) in [6, 6.07) is 3.81. The SMILES string of the molecule is SCCC#Cc1ccc(Br)nc1. The Morgan fingerprint density at radius 1 is 1.50 bits per heavy atom. The highest BCUT2D eigenvalue weighted by Gasteiger charge is 1.87. The molecule has 12 heavy (non-hydrogen) atoms. The molecule has 1 aromatic heterocycles. The van der Waals surface area contributed by atoms with Crippen molar-refractivity contribution in [3.8, 4) is 11.8 Å². The number of nitrogens with zero attached hydrogens (tertiary/aromatic N) is 1. The van der Waals surface area contributed by atoms with Crippen LogP contribution >= 0.6 is 28.6 Å². The van der Waals surface area contributed by atoms with Crippen LogP contribution in [0.25, 0.3) is 0 Å². The lowest BCUT2D eigenvalue weighted by Gasteiger charge is -1.88. The van der Waals surface area contributed by atoms with E-state index in [0.29, 0.717) is 0 Å². The first-order chi connectivity index (χ1) is 5.83. The van der Waals surface area contributed by atoms with Gasteiger partial charge in [0.05, 0.1) is 0 Å². The van der Waals surface area contributed by atoms with Crippen molar-refractivity contribution in [2.24, 2.45) is 0 Å². The van der Waals surface area contributed by atoms with E-state index in [0.717, 1.165) is 22.3 Å². The van der Waals surface area contributed by atoms with Crippen molar-refractivity contribution >= 4 is 28.6 Å². The molecule has 3 heteroatoms. The minimum Gasteiger partial charge on any atom is -0.248 e. The molecular weight excluding hydrogens is 234 g/mol. The van der Waals surface area contributed by atoms with Crippen LogP contribution in [0.2, 0.25) is 0 Å². The molecule has 0 radical (unpaired) electrons. The van der Waals surface area contributed by atoms with E-state index in [-0.39, 0.29) is 0 Å². The van der Waals surface area contributed by atoms with Crippen LogP contribution in [0.5, 0.6) is 0 Å². The number of hydrogen-bond acceptors (Lipinski definition) is 2. The van der Waals surface area contributed by atoms with E-state index in [1.165, 1.54) is 0 Å². The summed E-state index contributed by atoms with van der Waals surface area (Å²) in [5.74, 6) is 6.78. The zero-order valence-electron chi connectivity index (χ0n) is 6.42. The maximum absolute atomic E-state index is 4.06. The van der Waals surface area contributed by atoms with E-state index in [4.69, 9.17) is 0 Å². The highest BCUT2D eigenvalue weighted by atomic mass is 79.9. The summed E-state index contributed by atoms with van der Waals surface area (Å²) in [4.78, 5) is 4.05. The fourth-order valence-corrected chi connectivity index (χ4v) is 1.02. The normalized spacial score (nSPS) is 8.83. The van der Waals surface area contributed by atoms with E-state index in [1.807, 2.05) is 12.1 Å². The second kappa shape index (κ2) is 5.23. The van der Waals surface area contributed by atoms with Crippen molar-refractivity contribution in [2.45, 2.75) is 6.42 Å². The van der Waals surface area contributed by atoms with Gasteiger partial charge in [0.15, 0.2) is 0 Å². The molecule has 1 aromatic rings. The molecule has 0 aliphatic heterocycles. The lowest BCUT2D eigenvalue weighted by atomic mass is 10.3. The quantitative estimate of drug-likeness (QED) is 0.453. The molecule has 1 heterocycles. The van der Waals surface area contributed by atoms with Gasteiger partial charge in [0.1, 0.15) is 4.60 Å². The Balaban J connectivity index is 2.66. The minimum absolute atomic E-state index is 0.803. The Morgan fingerprint density at radius 3 is 2.92 bits per heavy atom. The minimum atomic E-state index is 0.803. The van der Waals surface area contributed by atoms with E-state index in [2.05, 4.69) is 45.4 Å². The molecule has 0 spiro atoms. The van der Waals surface area contributed by atoms with Crippen LogP contribution < -0.4 is 0 Å². The molecule has 0 bridgehead atoms. The van der Waals surface area contributed by atoms with Gasteiger partial charge in [0, 0.05) is 23.9 Å². The van der Waals surface area contributed by atoms with Crippen LogP contribution in [0, 0.1) is 11.8 Å². The number of pyridine rings is 1. The summed E-state index contributed by atoms with van der Waals surface area (Å²) < 4.78 is 0.835. The molecule has 0 atom stereocenters. The molecule has 0 N–H and O–H groups in total. The largest absolute Gasteiger partial charge is 0.248 e. The smallest absolute Gasteiger partial charge is 0.106 e. The average Bonchev–Trinajstić information content (AvgIpc) is 2.09. The Hall–Kier alpha value is -0.460. The summed E-state index contributed by atoms with van der Waals surface area (Å²) in [7, 11) is 0. The van der Waals surface area contributed by atoms with Gasteiger partial charge in [0.2, 0.25) is 0 Å². The first-order valence-electron chi connectivity index (χ1n) is 3.54. The summed E-state index contributed by atoms with van der Waals surface area (Å²) in [5, 5.41) is 0. The monoisotopic (exact) mass is 241 g/mol. The molecule has 0 fully saturated rings. The maximum atomic E-state index is 4.06. The standard InChI is InChI=1S/C9H8BrNS/c10-9-5-4-8(7-11-9)3-1-2-6-12/h4-5,7,12H,2,6H2. The molecule has 0 unspecified atom stereocenters. The third kappa shape index (κ3) is 3.29. The Kier molecular flexibility index (Phi) is 4.20. The second-order valence-electron chi connectivity index (χ2n) is 2.14. The second-order valence-corrected chi connectivity index (χ2v) is 3.40. The van der Waals surface area contributed by atoms with Gasteiger partial charge in [-0.2, -0.15) is 12.6 Å². The predicted octanol–water partition coefficient (Wildman–Crippen LogP) is 2.52. The number of thiol groups is 1. The van der Waals surface area contributed by atoms with Gasteiger partial charge in [-0.3, -0.25) is 0 Å². The Labute approximate surface area is 86.1 Å². The summed E-state index contributed by atoms with van der Waals surface area (Å²) in [6.07, 6.45) is 2.56. The fraction of sp³-hybridized carbons (Fsp3) is 0.222. The topological polar surface area (TPSA) is 12.9 Å². The molecule has 0 aliphatic carbocycles. The predicted molar refractivity (Wildman–Crippen MR) is 57.3 cm³/mol. The van der Waals surface area contributed by atoms with Gasteiger partial charge in [-0.05, 0) is 28.1 Å². The first kappa shape index (κ1) is 9.63. The molecule has 1 rings (SSSR count). The van der Waals surface area contributed by atoms with Gasteiger partial charge in [0.25, 0.3) is 0 Å². The van der Waals surface area contributed by atoms with Crippen LogP contribution in [0.1, 0.15) is 12.0 Å². The Morgan fingerprint density at radius 2 is 2.33 bits per heavy atom. The van der Waals surface area contributed by atoms with Crippen molar-refractivity contribution in [1.29, 1.82) is 0 Å². The molecule has 0 aromatic carbocycles. The highest BCUT2D eigenvalue weighted by molar-refractivity contribution is 9.10. The van der Waals surface area contributed by atoms with E-state index < -0.39 is 0 Å². The van der Waals surface area contributed by atoms with Crippen molar-refractivity contribution in [2.75, 3.05) is 5.75 Å². The van der Waals surface area contributed by atoms with Crippen LogP contribution in [0.15, 0.2) is 22.9 Å². The number of halogens is 1. The van der Waals surface area contributed by atoms with Crippen molar-refractivity contribution in [3.63, 3.8) is 0 Å². The molecule has 0 aliphatic rings. The van der Waals surface area contributed by atoms with Gasteiger partial charge < -0.3 is 0 Å². The lowest BCUT2D eigenvalue weighted by Crippen LogP contribution is -1.78. The zero-order chi connectivity index (χ0) is 8.81. The highest BCUT2D eigenvalue weighted by Crippen LogP contribution is 2.04. The molecule has 62 valence electrons. The van der Waals surface area contributed by atoms with Crippen LogP contribution in [-0.4, -0.2) is 10.7 Å². The summed E-state index contributed by atoms with van der Waals surface area (Å²) >= 11 is 7.31. The van der Waals surface area contributed by atoms with Crippen molar-refractivity contribution < 1.29 is 0 Å². The van der Waals surface area contributed by atoms with Gasteiger partial charge in [-0.15, -0.1) is 0 Å². The first-order valence-corrected chi connectivity index (χ1v) is 4.97. The summed E-state index contributed by atoms with van der Waals surface area (Å²) in [6.45, 7) is 0. The molecule has 0 saturated heterocycles. The van der Waals surface area contributed by atoms with Gasteiger partial charge in [-0.1, -0.05) is 11.8 Å². The zero-order valence-corrected chi connectivity index (χ0v) is 8.90. The molecular formula is C9H8BrNS. The number of aromatic nitrogens is 1. The maximum Gasteiger partial charge on any atom is 0.106 e. The van der Waals surface area contributed by atoms with E-state index >= 15 is 0 Å². The van der Waals surface area contributed by atoms with E-state index in [9.17, 15) is 0 Å². The third-order valence-corrected chi connectivity index (χ3v) is 1.89. The summed E-state index contributed by atoms with van der Waals surface area (Å²) in [5.41, 5.74) is 0.944. The fourth-order valence-electron chi connectivity index (χ4n) is 0.670. The van der Waals surface area contributed by atoms with Crippen LogP contribution in [0.4, 0.5) is 0 Å². The number of rotatable bonds is 1. The van der Waals surface area contributed by atoms with Crippen molar-refractivity contribution in [3.05, 3.63) is 28.5 Å². The molecule has 0 saturated carbocycles. The Bertz CT molecular complexity index is 297. The lowest BCUT2D eigenvalue weighted by molar-refractivity contribution is 1.26. The molecule has 0 amide bonds. The average molecular weight is 242 g/mol.